The van der Waals surface area contributed by atoms with Gasteiger partial charge in [0.2, 0.25) is 0 Å². The Morgan fingerprint density at radius 2 is 1.79 bits per heavy atom. The van der Waals surface area contributed by atoms with Crippen LogP contribution in [0.2, 0.25) is 0 Å². The fraction of sp³-hybridized carbons (Fsp3) is 0.579. The molecule has 0 saturated carbocycles. The number of hydrogen-bond acceptors (Lipinski definition) is 6. The number of benzene rings is 1. The van der Waals surface area contributed by atoms with Crippen molar-refractivity contribution in [3.63, 3.8) is 0 Å². The minimum atomic E-state index is -1.09. The summed E-state index contributed by atoms with van der Waals surface area (Å²) in [6.07, 6.45) is -0.0264. The predicted molar refractivity (Wildman–Crippen MR) is 109 cm³/mol. The summed E-state index contributed by atoms with van der Waals surface area (Å²) < 4.78 is 9.73. The number of carbonyl (C=O) groups excluding carboxylic acids is 1. The number of nitrogens with two attached hydrogens (primary N) is 1. The van der Waals surface area contributed by atoms with E-state index in [1.54, 1.807) is 20.8 Å². The standard InChI is InChI=1S/C14H19NO4.C5H14BNO2/c1-14(2,3)19-13(18)15-11(12(16)17)9-10-7-5-4-6-8-10;1-4(2)3-5(7)9-6-8/h4-8,11H,9H2,1-3H3,(H,15,18)(H,16,17);4-6,8H,3,7H2,1-2H3/t11-;5-/m01/s1. The van der Waals surface area contributed by atoms with Gasteiger partial charge in [0.25, 0.3) is 0 Å². The molecule has 1 aromatic rings. The summed E-state index contributed by atoms with van der Waals surface area (Å²) in [6, 6.07) is 8.11. The molecule has 158 valence electrons. The molecule has 0 aromatic heterocycles. The van der Waals surface area contributed by atoms with Crippen LogP contribution in [0.1, 0.15) is 46.6 Å². The van der Waals surface area contributed by atoms with Crippen LogP contribution in [0.4, 0.5) is 4.79 Å². The van der Waals surface area contributed by atoms with Gasteiger partial charge in [-0.25, -0.2) is 9.59 Å². The Labute approximate surface area is 167 Å². The van der Waals surface area contributed by atoms with Crippen LogP contribution in [-0.2, 0) is 20.6 Å². The van der Waals surface area contributed by atoms with Crippen molar-refractivity contribution in [3.05, 3.63) is 35.9 Å². The molecule has 9 heteroatoms. The Hall–Kier alpha value is -2.10. The van der Waals surface area contributed by atoms with Gasteiger partial charge in [-0.2, -0.15) is 0 Å². The minimum Gasteiger partial charge on any atom is -0.480 e. The predicted octanol–water partition coefficient (Wildman–Crippen LogP) is 1.80. The summed E-state index contributed by atoms with van der Waals surface area (Å²) in [6.45, 7) is 9.28. The van der Waals surface area contributed by atoms with Gasteiger partial charge in [-0.3, -0.25) is 0 Å². The van der Waals surface area contributed by atoms with Crippen LogP contribution < -0.4 is 11.1 Å². The molecular formula is C19H33BN2O6. The zero-order valence-electron chi connectivity index (χ0n) is 17.3. The Bertz CT molecular complexity index is 578. The number of hydrogen-bond donors (Lipinski definition) is 4. The zero-order chi connectivity index (χ0) is 21.7. The normalized spacial score (nSPS) is 13.0. The largest absolute Gasteiger partial charge is 0.480 e. The van der Waals surface area contributed by atoms with E-state index >= 15 is 0 Å². The molecule has 1 amide bonds. The van der Waals surface area contributed by atoms with E-state index in [0.717, 1.165) is 12.0 Å². The fourth-order valence-electron chi connectivity index (χ4n) is 2.13. The molecule has 0 aliphatic heterocycles. The minimum absolute atomic E-state index is 0.218. The Morgan fingerprint density at radius 3 is 2.21 bits per heavy atom. The number of rotatable bonds is 8. The number of amides is 1. The first kappa shape index (κ1) is 25.9. The molecule has 2 atom stereocenters. The molecular weight excluding hydrogens is 363 g/mol. The Balaban J connectivity index is 0.000000684. The van der Waals surface area contributed by atoms with Crippen LogP contribution in [0.25, 0.3) is 0 Å². The van der Waals surface area contributed by atoms with Crippen LogP contribution in [0, 0.1) is 5.92 Å². The van der Waals surface area contributed by atoms with Crippen molar-refractivity contribution >= 4 is 19.7 Å². The average molecular weight is 396 g/mol. The van der Waals surface area contributed by atoms with Crippen molar-refractivity contribution in [2.24, 2.45) is 11.7 Å². The van der Waals surface area contributed by atoms with Crippen LogP contribution in [-0.4, -0.2) is 47.7 Å². The van der Waals surface area contributed by atoms with Gasteiger partial charge in [0.05, 0.1) is 6.23 Å². The lowest BCUT2D eigenvalue weighted by Crippen LogP contribution is -2.44. The van der Waals surface area contributed by atoms with Gasteiger partial charge in [0.1, 0.15) is 11.6 Å². The van der Waals surface area contributed by atoms with Crippen molar-refractivity contribution in [2.75, 3.05) is 0 Å². The summed E-state index contributed by atoms with van der Waals surface area (Å²) in [4.78, 5) is 22.7. The molecule has 8 nitrogen and oxygen atoms in total. The first-order valence-electron chi connectivity index (χ1n) is 9.19. The van der Waals surface area contributed by atoms with Gasteiger partial charge < -0.3 is 30.6 Å². The van der Waals surface area contributed by atoms with Gasteiger partial charge in [-0.1, -0.05) is 44.2 Å². The highest BCUT2D eigenvalue weighted by atomic mass is 16.6. The molecule has 1 aromatic carbocycles. The first-order chi connectivity index (χ1) is 12.9. The molecule has 1 rings (SSSR count). The monoisotopic (exact) mass is 396 g/mol. The second-order valence-corrected chi connectivity index (χ2v) is 7.69. The average Bonchev–Trinajstić information content (AvgIpc) is 2.53. The highest BCUT2D eigenvalue weighted by Gasteiger charge is 2.24. The van der Waals surface area contributed by atoms with Gasteiger partial charge >= 0.3 is 19.7 Å². The van der Waals surface area contributed by atoms with Gasteiger partial charge in [0.15, 0.2) is 0 Å². The first-order valence-corrected chi connectivity index (χ1v) is 9.19. The Morgan fingerprint density at radius 1 is 1.21 bits per heavy atom. The van der Waals surface area contributed by atoms with E-state index in [9.17, 15) is 9.59 Å². The molecule has 0 spiro atoms. The maximum atomic E-state index is 11.6. The highest BCUT2D eigenvalue weighted by Crippen LogP contribution is 2.08. The fourth-order valence-corrected chi connectivity index (χ4v) is 2.13. The number of aliphatic carboxylic acids is 1. The van der Waals surface area contributed by atoms with Gasteiger partial charge in [0, 0.05) is 6.42 Å². The molecule has 5 N–H and O–H groups in total. The van der Waals surface area contributed by atoms with Crippen LogP contribution in [0.3, 0.4) is 0 Å². The van der Waals surface area contributed by atoms with E-state index in [4.69, 9.17) is 20.6 Å². The maximum Gasteiger partial charge on any atom is 0.436 e. The third-order valence-electron chi connectivity index (χ3n) is 3.26. The molecule has 0 fully saturated rings. The van der Waals surface area contributed by atoms with Crippen LogP contribution in [0.5, 0.6) is 0 Å². The maximum absolute atomic E-state index is 11.6. The quantitative estimate of drug-likeness (QED) is 0.389. The second kappa shape index (κ2) is 13.1. The van der Waals surface area contributed by atoms with Gasteiger partial charge in [-0.05, 0) is 38.7 Å². The van der Waals surface area contributed by atoms with Gasteiger partial charge in [-0.15, -0.1) is 0 Å². The van der Waals surface area contributed by atoms with E-state index in [1.165, 1.54) is 0 Å². The number of ether oxygens (including phenoxy) is 1. The van der Waals surface area contributed by atoms with Crippen LogP contribution in [0.15, 0.2) is 30.3 Å². The van der Waals surface area contributed by atoms with E-state index < -0.39 is 23.7 Å². The number of carbonyl (C=O) groups is 2. The molecule has 0 unspecified atom stereocenters. The topological polar surface area (TPSA) is 131 Å². The van der Waals surface area contributed by atoms with E-state index in [0.29, 0.717) is 5.92 Å². The summed E-state index contributed by atoms with van der Waals surface area (Å²) in [5.41, 5.74) is 5.59. The zero-order valence-corrected chi connectivity index (χ0v) is 17.3. The van der Waals surface area contributed by atoms with Crippen molar-refractivity contribution in [1.82, 2.24) is 5.32 Å². The summed E-state index contributed by atoms with van der Waals surface area (Å²) in [7, 11) is -0.284. The SMILES string of the molecule is CC(C)(C)OC(=O)N[C@@H](Cc1ccccc1)C(=O)O.CC(C)C[C@H](N)OBO. The highest BCUT2D eigenvalue weighted by molar-refractivity contribution is 6.15. The second-order valence-electron chi connectivity index (χ2n) is 7.69. The lowest BCUT2D eigenvalue weighted by molar-refractivity contribution is -0.139. The number of nitrogens with one attached hydrogen (secondary N) is 1. The van der Waals surface area contributed by atoms with Crippen molar-refractivity contribution < 1.29 is 29.1 Å². The molecule has 0 radical (unpaired) electrons. The number of carboxylic acid groups (broad SMARTS) is 1. The Kier molecular flexibility index (Phi) is 12.2. The lowest BCUT2D eigenvalue weighted by Gasteiger charge is -2.22. The van der Waals surface area contributed by atoms with Crippen LogP contribution >= 0.6 is 0 Å². The summed E-state index contributed by atoms with van der Waals surface area (Å²) >= 11 is 0. The third kappa shape index (κ3) is 14.0. The van der Waals surface area contributed by atoms with Crippen molar-refractivity contribution in [1.29, 1.82) is 0 Å². The molecule has 0 aliphatic rings. The number of carboxylic acids is 1. The summed E-state index contributed by atoms with van der Waals surface area (Å²) in [5.74, 6) is -0.568. The van der Waals surface area contributed by atoms with E-state index in [-0.39, 0.29) is 20.3 Å². The van der Waals surface area contributed by atoms with E-state index in [1.807, 2.05) is 30.3 Å². The van der Waals surface area contributed by atoms with Crippen molar-refractivity contribution in [2.45, 2.75) is 65.3 Å². The van der Waals surface area contributed by atoms with Crippen molar-refractivity contribution in [3.8, 4) is 0 Å². The molecule has 0 saturated heterocycles. The molecule has 0 heterocycles. The lowest BCUT2D eigenvalue weighted by atomic mass is 10.1. The smallest absolute Gasteiger partial charge is 0.436 e. The van der Waals surface area contributed by atoms with E-state index in [2.05, 4.69) is 23.8 Å². The number of alkyl carbamates (subject to hydrolysis) is 1. The molecule has 28 heavy (non-hydrogen) atoms. The third-order valence-corrected chi connectivity index (χ3v) is 3.26. The molecule has 0 bridgehead atoms. The molecule has 0 aliphatic carbocycles. The summed E-state index contributed by atoms with van der Waals surface area (Å²) in [5, 5.41) is 19.7.